The zero-order valence-electron chi connectivity index (χ0n) is 5.83. The highest BCUT2D eigenvalue weighted by Crippen LogP contribution is 2.22. The van der Waals surface area contributed by atoms with Gasteiger partial charge in [0.15, 0.2) is 5.15 Å². The number of nitrogens with two attached hydrogens (primary N) is 1. The number of anilines is 1. The first-order valence-corrected chi connectivity index (χ1v) is 3.75. The molecule has 0 radical (unpaired) electrons. The monoisotopic (exact) mass is 206 g/mol. The Labute approximate surface area is 79.1 Å². The van der Waals surface area contributed by atoms with E-state index in [1.54, 1.807) is 0 Å². The van der Waals surface area contributed by atoms with Gasteiger partial charge in [0, 0.05) is 0 Å². The maximum absolute atomic E-state index is 8.70. The quantitative estimate of drug-likeness (QED) is 0.434. The summed E-state index contributed by atoms with van der Waals surface area (Å²) in [4.78, 5) is 3.59. The smallest absolute Gasteiger partial charge is 0.422 e. The Morgan fingerprint density at radius 1 is 1.42 bits per heavy atom. The molecule has 0 atom stereocenters. The van der Waals surface area contributed by atoms with E-state index < -0.39 is 7.12 Å². The van der Waals surface area contributed by atoms with Crippen molar-refractivity contribution in [2.45, 2.75) is 0 Å². The Morgan fingerprint density at radius 3 is 2.42 bits per heavy atom. The van der Waals surface area contributed by atoms with E-state index in [0.29, 0.717) is 0 Å². The van der Waals surface area contributed by atoms with E-state index in [1.807, 2.05) is 0 Å². The summed E-state index contributed by atoms with van der Waals surface area (Å²) in [6, 6.07) is 1.24. The summed E-state index contributed by atoms with van der Waals surface area (Å²) in [5, 5.41) is 17.5. The van der Waals surface area contributed by atoms with E-state index in [9.17, 15) is 0 Å². The average Bonchev–Trinajstić information content (AvgIpc) is 1.99. The van der Waals surface area contributed by atoms with Crippen molar-refractivity contribution in [3.8, 4) is 0 Å². The number of nitrogens with zero attached hydrogens (tertiary/aromatic N) is 1. The molecule has 0 unspecified atom stereocenters. The third-order valence-corrected chi connectivity index (χ3v) is 1.85. The van der Waals surface area contributed by atoms with Gasteiger partial charge in [-0.2, -0.15) is 0 Å². The molecule has 1 rings (SSSR count). The highest BCUT2D eigenvalue weighted by molar-refractivity contribution is 6.58. The van der Waals surface area contributed by atoms with E-state index in [0.717, 1.165) is 0 Å². The zero-order valence-corrected chi connectivity index (χ0v) is 7.34. The number of rotatable bonds is 1. The van der Waals surface area contributed by atoms with Crippen molar-refractivity contribution in [1.82, 2.24) is 4.98 Å². The van der Waals surface area contributed by atoms with Crippen LogP contribution < -0.4 is 11.3 Å². The molecule has 0 amide bonds. The lowest BCUT2D eigenvalue weighted by Gasteiger charge is -2.03. The Kier molecular flexibility index (Phi) is 2.79. The summed E-state index contributed by atoms with van der Waals surface area (Å²) in [6.07, 6.45) is 0. The first-order chi connectivity index (χ1) is 5.52. The normalized spacial score (nSPS) is 10.0. The van der Waals surface area contributed by atoms with Crippen molar-refractivity contribution < 1.29 is 10.0 Å². The zero-order chi connectivity index (χ0) is 9.30. The van der Waals surface area contributed by atoms with E-state index in [1.165, 1.54) is 6.07 Å². The van der Waals surface area contributed by atoms with Crippen molar-refractivity contribution in [2.24, 2.45) is 0 Å². The second-order valence-corrected chi connectivity index (χ2v) is 2.87. The van der Waals surface area contributed by atoms with Crippen LogP contribution in [-0.2, 0) is 0 Å². The van der Waals surface area contributed by atoms with Gasteiger partial charge in [-0.15, -0.1) is 0 Å². The number of aromatic nitrogens is 1. The van der Waals surface area contributed by atoms with Crippen molar-refractivity contribution >= 4 is 41.6 Å². The van der Waals surface area contributed by atoms with Crippen LogP contribution in [0.25, 0.3) is 0 Å². The molecule has 0 aliphatic carbocycles. The Morgan fingerprint density at radius 2 is 2.00 bits per heavy atom. The molecule has 0 spiro atoms. The van der Waals surface area contributed by atoms with Crippen LogP contribution >= 0.6 is 23.2 Å². The highest BCUT2D eigenvalue weighted by atomic mass is 35.5. The maximum Gasteiger partial charge on any atom is 0.508 e. The molecule has 0 aliphatic rings. The Balaban J connectivity index is 3.21. The molecule has 64 valence electrons. The van der Waals surface area contributed by atoms with Crippen LogP contribution in [0.5, 0.6) is 0 Å². The minimum atomic E-state index is -1.69. The van der Waals surface area contributed by atoms with Gasteiger partial charge in [0.05, 0.1) is 16.3 Å². The van der Waals surface area contributed by atoms with Gasteiger partial charge in [0.25, 0.3) is 0 Å². The highest BCUT2D eigenvalue weighted by Gasteiger charge is 2.16. The number of hydrogen-bond acceptors (Lipinski definition) is 4. The SMILES string of the molecule is Nc1c(Cl)cc(B(O)O)nc1Cl. The molecular weight excluding hydrogens is 202 g/mol. The van der Waals surface area contributed by atoms with Gasteiger partial charge in [-0.3, -0.25) is 0 Å². The first-order valence-electron chi connectivity index (χ1n) is 3.00. The summed E-state index contributed by atoms with van der Waals surface area (Å²) in [5.74, 6) is 0. The summed E-state index contributed by atoms with van der Waals surface area (Å²) < 4.78 is 0. The van der Waals surface area contributed by atoms with Gasteiger partial charge in [0.1, 0.15) is 0 Å². The number of pyridine rings is 1. The lowest BCUT2D eigenvalue weighted by molar-refractivity contribution is 0.424. The fourth-order valence-electron chi connectivity index (χ4n) is 0.644. The van der Waals surface area contributed by atoms with E-state index in [4.69, 9.17) is 39.0 Å². The van der Waals surface area contributed by atoms with Crippen molar-refractivity contribution in [2.75, 3.05) is 5.73 Å². The van der Waals surface area contributed by atoms with Crippen molar-refractivity contribution in [3.05, 3.63) is 16.2 Å². The van der Waals surface area contributed by atoms with Crippen molar-refractivity contribution in [1.29, 1.82) is 0 Å². The summed E-state index contributed by atoms with van der Waals surface area (Å²) in [5.41, 5.74) is 5.46. The van der Waals surface area contributed by atoms with E-state index >= 15 is 0 Å². The van der Waals surface area contributed by atoms with E-state index in [2.05, 4.69) is 4.98 Å². The minimum absolute atomic E-state index is 0.0285. The molecule has 1 aromatic heterocycles. The second kappa shape index (κ2) is 3.49. The molecule has 0 fully saturated rings. The van der Waals surface area contributed by atoms with E-state index in [-0.39, 0.29) is 21.5 Å². The summed E-state index contributed by atoms with van der Waals surface area (Å²) in [6.45, 7) is 0. The average molecular weight is 207 g/mol. The fourth-order valence-corrected chi connectivity index (χ4v) is 1.09. The topological polar surface area (TPSA) is 79.4 Å². The van der Waals surface area contributed by atoms with Crippen LogP contribution in [0.1, 0.15) is 0 Å². The molecule has 4 nitrogen and oxygen atoms in total. The molecule has 0 bridgehead atoms. The maximum atomic E-state index is 8.70. The summed E-state index contributed by atoms with van der Waals surface area (Å²) >= 11 is 11.1. The summed E-state index contributed by atoms with van der Waals surface area (Å²) in [7, 11) is -1.69. The van der Waals surface area contributed by atoms with Crippen LogP contribution in [0.4, 0.5) is 5.69 Å². The number of hydrogen-bond donors (Lipinski definition) is 3. The lowest BCUT2D eigenvalue weighted by atomic mass is 9.86. The third-order valence-electron chi connectivity index (χ3n) is 1.25. The third kappa shape index (κ3) is 1.81. The molecule has 7 heteroatoms. The van der Waals surface area contributed by atoms with Crippen LogP contribution in [-0.4, -0.2) is 22.2 Å². The Hall–Kier alpha value is -0.485. The Bertz CT molecular complexity index is 284. The largest absolute Gasteiger partial charge is 0.508 e. The number of halogens is 2. The molecule has 4 N–H and O–H groups in total. The molecule has 0 saturated heterocycles. The molecule has 0 aromatic carbocycles. The van der Waals surface area contributed by atoms with Crippen LogP contribution in [0.15, 0.2) is 6.07 Å². The molecule has 1 heterocycles. The fraction of sp³-hybridized carbons (Fsp3) is 0. The standard InChI is InChI=1S/C5H5BCl2N2O2/c7-2-1-3(6(11)12)10-5(8)4(2)9/h1,11-12H,9H2. The van der Waals surface area contributed by atoms with Gasteiger partial charge < -0.3 is 15.8 Å². The predicted molar refractivity (Wildman–Crippen MR) is 48.5 cm³/mol. The second-order valence-electron chi connectivity index (χ2n) is 2.11. The lowest BCUT2D eigenvalue weighted by Crippen LogP contribution is -2.33. The van der Waals surface area contributed by atoms with Gasteiger partial charge >= 0.3 is 7.12 Å². The van der Waals surface area contributed by atoms with Crippen LogP contribution in [0.2, 0.25) is 10.2 Å². The first kappa shape index (κ1) is 9.60. The molecular formula is C5H5BCl2N2O2. The predicted octanol–water partition coefficient (Wildman–Crippen LogP) is -0.350. The van der Waals surface area contributed by atoms with Crippen molar-refractivity contribution in [3.63, 3.8) is 0 Å². The molecule has 0 aliphatic heterocycles. The molecule has 12 heavy (non-hydrogen) atoms. The van der Waals surface area contributed by atoms with Crippen LogP contribution in [0, 0.1) is 0 Å². The number of nitrogen functional groups attached to an aromatic ring is 1. The van der Waals surface area contributed by atoms with Gasteiger partial charge in [-0.1, -0.05) is 23.2 Å². The van der Waals surface area contributed by atoms with Gasteiger partial charge in [-0.05, 0) is 6.07 Å². The minimum Gasteiger partial charge on any atom is -0.422 e. The molecule has 1 aromatic rings. The van der Waals surface area contributed by atoms with Gasteiger partial charge in [-0.25, -0.2) is 4.98 Å². The van der Waals surface area contributed by atoms with Gasteiger partial charge in [0.2, 0.25) is 0 Å². The molecule has 0 saturated carbocycles. The van der Waals surface area contributed by atoms with Crippen LogP contribution in [0.3, 0.4) is 0 Å².